The van der Waals surface area contributed by atoms with E-state index < -0.39 is 6.04 Å². The van der Waals surface area contributed by atoms with Crippen LogP contribution < -0.4 is 10.1 Å². The minimum atomic E-state index is -0.579. The van der Waals surface area contributed by atoms with Crippen molar-refractivity contribution < 1.29 is 14.3 Å². The van der Waals surface area contributed by atoms with Crippen LogP contribution in [0.4, 0.5) is 0 Å². The molecule has 2 rings (SSSR count). The van der Waals surface area contributed by atoms with Gasteiger partial charge in [-0.05, 0) is 50.1 Å². The summed E-state index contributed by atoms with van der Waals surface area (Å²) in [7, 11) is 0. The Morgan fingerprint density at radius 1 is 1.07 bits per heavy atom. The lowest BCUT2D eigenvalue weighted by Gasteiger charge is -2.31. The van der Waals surface area contributed by atoms with Crippen LogP contribution >= 0.6 is 11.6 Å². The highest BCUT2D eigenvalue weighted by Gasteiger charge is 2.29. The Bertz CT molecular complexity index is 763. The van der Waals surface area contributed by atoms with E-state index in [1.165, 1.54) is 0 Å². The van der Waals surface area contributed by atoms with Crippen molar-refractivity contribution in [3.8, 4) is 5.75 Å². The Morgan fingerprint density at radius 3 is 2.29 bits per heavy atom. The van der Waals surface area contributed by atoms with E-state index >= 15 is 0 Å². The minimum Gasteiger partial charge on any atom is -0.484 e. The van der Waals surface area contributed by atoms with Crippen LogP contribution in [0, 0.1) is 0 Å². The highest BCUT2D eigenvalue weighted by atomic mass is 35.5. The Labute approximate surface area is 171 Å². The van der Waals surface area contributed by atoms with Gasteiger partial charge in [0.1, 0.15) is 11.8 Å². The molecule has 0 aliphatic carbocycles. The number of nitrogens with one attached hydrogen (secondary N) is 1. The predicted octanol–water partition coefficient (Wildman–Crippen LogP) is 4.05. The SMILES string of the molecule is CC[C@@H](C(=O)NC(C)C)N(Cc1ccc(Cl)cc1)C(=O)COc1ccccc1. The maximum Gasteiger partial charge on any atom is 0.261 e. The van der Waals surface area contributed by atoms with E-state index in [1.54, 1.807) is 29.2 Å². The molecular formula is C22H27ClN2O3. The first-order valence-electron chi connectivity index (χ1n) is 9.42. The van der Waals surface area contributed by atoms with Crippen LogP contribution in [0.2, 0.25) is 5.02 Å². The van der Waals surface area contributed by atoms with Crippen molar-refractivity contribution in [2.24, 2.45) is 0 Å². The molecule has 1 N–H and O–H groups in total. The van der Waals surface area contributed by atoms with Gasteiger partial charge in [-0.25, -0.2) is 0 Å². The number of hydrogen-bond acceptors (Lipinski definition) is 3. The number of carbonyl (C=O) groups excluding carboxylic acids is 2. The summed E-state index contributed by atoms with van der Waals surface area (Å²) in [6, 6.07) is 15.8. The molecule has 0 spiro atoms. The normalized spacial score (nSPS) is 11.8. The zero-order chi connectivity index (χ0) is 20.5. The minimum absolute atomic E-state index is 0.00500. The van der Waals surface area contributed by atoms with Crippen molar-refractivity contribution in [2.75, 3.05) is 6.61 Å². The molecule has 0 aromatic heterocycles. The maximum absolute atomic E-state index is 13.0. The van der Waals surface area contributed by atoms with E-state index in [2.05, 4.69) is 5.32 Å². The van der Waals surface area contributed by atoms with Gasteiger partial charge in [0.15, 0.2) is 6.61 Å². The number of rotatable bonds is 9. The van der Waals surface area contributed by atoms with Crippen molar-refractivity contribution in [2.45, 2.75) is 45.8 Å². The van der Waals surface area contributed by atoms with E-state index in [1.807, 2.05) is 51.1 Å². The molecule has 2 aromatic carbocycles. The van der Waals surface area contributed by atoms with Crippen LogP contribution in [0.5, 0.6) is 5.75 Å². The summed E-state index contributed by atoms with van der Waals surface area (Å²) < 4.78 is 5.62. The number of carbonyl (C=O) groups is 2. The lowest BCUT2D eigenvalue weighted by Crippen LogP contribution is -2.51. The molecule has 0 unspecified atom stereocenters. The summed E-state index contributed by atoms with van der Waals surface area (Å²) in [5.74, 6) is 0.200. The molecule has 0 aliphatic rings. The highest BCUT2D eigenvalue weighted by molar-refractivity contribution is 6.30. The molecule has 2 amide bonds. The standard InChI is InChI=1S/C22H27ClN2O3/c1-4-20(22(27)24-16(2)3)25(14-17-10-12-18(23)13-11-17)21(26)15-28-19-8-6-5-7-9-19/h5-13,16,20H,4,14-15H2,1-3H3,(H,24,27)/t20-/m0/s1. The van der Waals surface area contributed by atoms with Crippen molar-refractivity contribution in [1.82, 2.24) is 10.2 Å². The van der Waals surface area contributed by atoms with Crippen molar-refractivity contribution in [1.29, 1.82) is 0 Å². The zero-order valence-corrected chi connectivity index (χ0v) is 17.3. The van der Waals surface area contributed by atoms with Crippen molar-refractivity contribution in [3.63, 3.8) is 0 Å². The van der Waals surface area contributed by atoms with Gasteiger partial charge in [-0.2, -0.15) is 0 Å². The third-order valence-corrected chi connectivity index (χ3v) is 4.44. The van der Waals surface area contributed by atoms with Gasteiger partial charge in [-0.3, -0.25) is 9.59 Å². The summed E-state index contributed by atoms with van der Waals surface area (Å²) in [4.78, 5) is 27.2. The average molecular weight is 403 g/mol. The summed E-state index contributed by atoms with van der Waals surface area (Å²) in [5, 5.41) is 3.53. The number of benzene rings is 2. The first kappa shape index (κ1) is 21.8. The van der Waals surface area contributed by atoms with Crippen LogP contribution in [-0.2, 0) is 16.1 Å². The Kier molecular flexibility index (Phi) is 8.33. The van der Waals surface area contributed by atoms with E-state index in [0.717, 1.165) is 5.56 Å². The average Bonchev–Trinajstić information content (AvgIpc) is 2.67. The van der Waals surface area contributed by atoms with Crippen LogP contribution in [0.25, 0.3) is 0 Å². The number of para-hydroxylation sites is 1. The van der Waals surface area contributed by atoms with E-state index in [-0.39, 0.29) is 24.5 Å². The zero-order valence-electron chi connectivity index (χ0n) is 16.5. The number of ether oxygens (including phenoxy) is 1. The highest BCUT2D eigenvalue weighted by Crippen LogP contribution is 2.16. The Hall–Kier alpha value is -2.53. The molecule has 150 valence electrons. The van der Waals surface area contributed by atoms with Gasteiger partial charge in [-0.15, -0.1) is 0 Å². The van der Waals surface area contributed by atoms with Gasteiger partial charge in [-0.1, -0.05) is 48.9 Å². The molecule has 0 bridgehead atoms. The summed E-state index contributed by atoms with van der Waals surface area (Å²) in [5.41, 5.74) is 0.897. The lowest BCUT2D eigenvalue weighted by molar-refractivity contribution is -0.143. The second kappa shape index (κ2) is 10.7. The molecule has 6 heteroatoms. The molecule has 0 heterocycles. The van der Waals surface area contributed by atoms with Gasteiger partial charge in [0.25, 0.3) is 5.91 Å². The summed E-state index contributed by atoms with van der Waals surface area (Å²) in [6.07, 6.45) is 0.503. The number of amides is 2. The molecular weight excluding hydrogens is 376 g/mol. The third kappa shape index (κ3) is 6.57. The van der Waals surface area contributed by atoms with Crippen molar-refractivity contribution >= 4 is 23.4 Å². The quantitative estimate of drug-likeness (QED) is 0.688. The van der Waals surface area contributed by atoms with E-state index in [0.29, 0.717) is 23.7 Å². The molecule has 28 heavy (non-hydrogen) atoms. The Balaban J connectivity index is 2.18. The smallest absolute Gasteiger partial charge is 0.261 e. The van der Waals surface area contributed by atoms with Gasteiger partial charge in [0, 0.05) is 17.6 Å². The third-order valence-electron chi connectivity index (χ3n) is 4.19. The first-order chi connectivity index (χ1) is 13.4. The van der Waals surface area contributed by atoms with Crippen LogP contribution in [-0.4, -0.2) is 35.4 Å². The predicted molar refractivity (Wildman–Crippen MR) is 111 cm³/mol. The van der Waals surface area contributed by atoms with Crippen LogP contribution in [0.1, 0.15) is 32.8 Å². The number of nitrogens with zero attached hydrogens (tertiary/aromatic N) is 1. The van der Waals surface area contributed by atoms with Gasteiger partial charge in [0.2, 0.25) is 5.91 Å². The second-order valence-electron chi connectivity index (χ2n) is 6.84. The molecule has 0 radical (unpaired) electrons. The van der Waals surface area contributed by atoms with Gasteiger partial charge < -0.3 is 15.0 Å². The van der Waals surface area contributed by atoms with E-state index in [9.17, 15) is 9.59 Å². The van der Waals surface area contributed by atoms with Crippen molar-refractivity contribution in [3.05, 3.63) is 65.2 Å². The molecule has 0 aliphatic heterocycles. The monoisotopic (exact) mass is 402 g/mol. The van der Waals surface area contributed by atoms with Crippen LogP contribution in [0.15, 0.2) is 54.6 Å². The largest absolute Gasteiger partial charge is 0.484 e. The molecule has 0 saturated heterocycles. The van der Waals surface area contributed by atoms with Gasteiger partial charge in [0.05, 0.1) is 0 Å². The summed E-state index contributed by atoms with van der Waals surface area (Å²) in [6.45, 7) is 5.86. The lowest BCUT2D eigenvalue weighted by atomic mass is 10.1. The number of hydrogen-bond donors (Lipinski definition) is 1. The molecule has 0 fully saturated rings. The maximum atomic E-state index is 13.0. The van der Waals surface area contributed by atoms with Gasteiger partial charge >= 0.3 is 0 Å². The van der Waals surface area contributed by atoms with Crippen LogP contribution in [0.3, 0.4) is 0 Å². The molecule has 2 aromatic rings. The number of halogens is 1. The second-order valence-corrected chi connectivity index (χ2v) is 7.27. The fourth-order valence-corrected chi connectivity index (χ4v) is 2.96. The molecule has 5 nitrogen and oxygen atoms in total. The fraction of sp³-hybridized carbons (Fsp3) is 0.364. The molecule has 1 atom stereocenters. The first-order valence-corrected chi connectivity index (χ1v) is 9.80. The fourth-order valence-electron chi connectivity index (χ4n) is 2.83. The van der Waals surface area contributed by atoms with E-state index in [4.69, 9.17) is 16.3 Å². The molecule has 0 saturated carbocycles. The topological polar surface area (TPSA) is 58.6 Å². The summed E-state index contributed by atoms with van der Waals surface area (Å²) >= 11 is 5.96. The Morgan fingerprint density at radius 2 is 1.71 bits per heavy atom.